The number of Topliss-reactive ketones (excluding diaryl/α,β-unsaturated/α-hetero) is 1. The van der Waals surface area contributed by atoms with E-state index >= 15 is 0 Å². The summed E-state index contributed by atoms with van der Waals surface area (Å²) in [6, 6.07) is 12.0. The van der Waals surface area contributed by atoms with Crippen LogP contribution in [0.2, 0.25) is 0 Å². The fourth-order valence-electron chi connectivity index (χ4n) is 3.79. The minimum Gasteiger partial charge on any atom is -0.334 e. The van der Waals surface area contributed by atoms with Gasteiger partial charge in [-0.2, -0.15) is 0 Å². The summed E-state index contributed by atoms with van der Waals surface area (Å²) in [6.45, 7) is 4.39. The van der Waals surface area contributed by atoms with Gasteiger partial charge in [0.25, 0.3) is 5.91 Å². The molecule has 2 aromatic rings. The molecular weight excluding hydrogens is 384 g/mol. The number of nitrogens with one attached hydrogen (secondary N) is 3. The predicted octanol–water partition coefficient (Wildman–Crippen LogP) is 2.17. The van der Waals surface area contributed by atoms with Gasteiger partial charge in [-0.15, -0.1) is 0 Å². The van der Waals surface area contributed by atoms with E-state index in [9.17, 15) is 19.2 Å². The van der Waals surface area contributed by atoms with Gasteiger partial charge in [0, 0.05) is 25.2 Å². The summed E-state index contributed by atoms with van der Waals surface area (Å²) in [5.74, 6) is -0.408. The number of imide groups is 1. The highest BCUT2D eigenvalue weighted by molar-refractivity contribution is 6.07. The average Bonchev–Trinajstić information content (AvgIpc) is 3.26. The molecule has 4 rings (SSSR count). The first kappa shape index (κ1) is 19.6. The monoisotopic (exact) mass is 406 g/mol. The van der Waals surface area contributed by atoms with Crippen molar-refractivity contribution in [2.24, 2.45) is 0 Å². The first-order valence-corrected chi connectivity index (χ1v) is 9.65. The Labute approximate surface area is 173 Å². The number of amides is 5. The number of benzene rings is 2. The number of fused-ring (bicyclic) bond motifs is 1. The first-order valence-electron chi connectivity index (χ1n) is 9.65. The molecule has 1 unspecified atom stereocenters. The Morgan fingerprint density at radius 2 is 1.87 bits per heavy atom. The lowest BCUT2D eigenvalue weighted by molar-refractivity contribution is -0.123. The molecule has 0 aliphatic carbocycles. The molecule has 0 spiro atoms. The summed E-state index contributed by atoms with van der Waals surface area (Å²) in [5.41, 5.74) is 2.98. The van der Waals surface area contributed by atoms with Crippen LogP contribution in [0.1, 0.15) is 46.5 Å². The molecule has 0 saturated carbocycles. The van der Waals surface area contributed by atoms with Gasteiger partial charge in [0.1, 0.15) is 5.54 Å². The fraction of sp³-hybridized carbons (Fsp3) is 0.273. The van der Waals surface area contributed by atoms with Crippen LogP contribution in [-0.2, 0) is 30.0 Å². The largest absolute Gasteiger partial charge is 0.334 e. The molecule has 2 aliphatic rings. The van der Waals surface area contributed by atoms with E-state index in [4.69, 9.17) is 0 Å². The van der Waals surface area contributed by atoms with Crippen molar-refractivity contribution in [3.63, 3.8) is 0 Å². The van der Waals surface area contributed by atoms with E-state index in [1.807, 2.05) is 18.2 Å². The van der Waals surface area contributed by atoms with Crippen LogP contribution in [0, 0.1) is 0 Å². The average molecular weight is 406 g/mol. The Bertz CT molecular complexity index is 1080. The van der Waals surface area contributed by atoms with Crippen molar-refractivity contribution < 1.29 is 19.2 Å². The van der Waals surface area contributed by atoms with Gasteiger partial charge in [0.2, 0.25) is 0 Å². The van der Waals surface area contributed by atoms with Crippen LogP contribution in [0.25, 0.3) is 0 Å². The molecule has 8 heteroatoms. The van der Waals surface area contributed by atoms with Gasteiger partial charge in [-0.05, 0) is 42.2 Å². The van der Waals surface area contributed by atoms with Gasteiger partial charge in [-0.1, -0.05) is 36.4 Å². The number of rotatable bonds is 4. The highest BCUT2D eigenvalue weighted by Crippen LogP contribution is 2.26. The van der Waals surface area contributed by atoms with Crippen LogP contribution in [0.15, 0.2) is 42.5 Å². The second-order valence-electron chi connectivity index (χ2n) is 7.79. The Kier molecular flexibility index (Phi) is 4.77. The number of urea groups is 2. The summed E-state index contributed by atoms with van der Waals surface area (Å²) in [7, 11) is 0. The van der Waals surface area contributed by atoms with Crippen molar-refractivity contribution in [2.45, 2.75) is 39.0 Å². The molecule has 1 saturated heterocycles. The van der Waals surface area contributed by atoms with Crippen LogP contribution in [0.4, 0.5) is 9.59 Å². The van der Waals surface area contributed by atoms with E-state index in [0.717, 1.165) is 16.7 Å². The highest BCUT2D eigenvalue weighted by atomic mass is 16.2. The van der Waals surface area contributed by atoms with Gasteiger partial charge < -0.3 is 15.5 Å². The van der Waals surface area contributed by atoms with Crippen molar-refractivity contribution in [1.29, 1.82) is 0 Å². The summed E-state index contributed by atoms with van der Waals surface area (Å²) in [5, 5.41) is 7.78. The Morgan fingerprint density at radius 1 is 1.10 bits per heavy atom. The third-order valence-corrected chi connectivity index (χ3v) is 5.62. The van der Waals surface area contributed by atoms with Crippen molar-refractivity contribution in [2.75, 3.05) is 0 Å². The van der Waals surface area contributed by atoms with Crippen LogP contribution >= 0.6 is 0 Å². The molecule has 154 valence electrons. The zero-order chi connectivity index (χ0) is 21.5. The second-order valence-corrected chi connectivity index (χ2v) is 7.79. The van der Waals surface area contributed by atoms with Gasteiger partial charge in [-0.3, -0.25) is 14.9 Å². The Balaban J connectivity index is 1.41. The van der Waals surface area contributed by atoms with Gasteiger partial charge >= 0.3 is 12.1 Å². The van der Waals surface area contributed by atoms with Gasteiger partial charge in [0.15, 0.2) is 5.78 Å². The molecule has 1 fully saturated rings. The standard InChI is InChI=1S/C22H22N4O4/c1-13(27)15-6-7-16-11-26(12-17(16)9-15)21(30)23-10-14-4-3-5-18(8-14)22(2)19(28)24-20(29)25-22/h3-9H,10-12H2,1-2H3,(H,23,30)(H2,24,25,28,29). The minimum absolute atomic E-state index is 0.00131. The molecular formula is C22H22N4O4. The van der Waals surface area contributed by atoms with E-state index < -0.39 is 17.5 Å². The Morgan fingerprint density at radius 3 is 2.57 bits per heavy atom. The third kappa shape index (κ3) is 3.52. The molecule has 0 radical (unpaired) electrons. The number of carbonyl (C=O) groups excluding carboxylic acids is 4. The summed E-state index contributed by atoms with van der Waals surface area (Å²) < 4.78 is 0. The molecule has 5 amide bonds. The van der Waals surface area contributed by atoms with Crippen LogP contribution < -0.4 is 16.0 Å². The van der Waals surface area contributed by atoms with Crippen molar-refractivity contribution in [3.8, 4) is 0 Å². The quantitative estimate of drug-likeness (QED) is 0.534. The van der Waals surface area contributed by atoms with E-state index in [0.29, 0.717) is 24.2 Å². The van der Waals surface area contributed by atoms with E-state index in [2.05, 4.69) is 16.0 Å². The number of nitrogens with zero attached hydrogens (tertiary/aromatic N) is 1. The molecule has 3 N–H and O–H groups in total. The molecule has 2 aliphatic heterocycles. The van der Waals surface area contributed by atoms with Crippen molar-refractivity contribution in [1.82, 2.24) is 20.9 Å². The van der Waals surface area contributed by atoms with E-state index in [1.165, 1.54) is 6.92 Å². The predicted molar refractivity (Wildman–Crippen MR) is 108 cm³/mol. The first-order chi connectivity index (χ1) is 14.3. The lowest BCUT2D eigenvalue weighted by atomic mass is 9.91. The number of hydrogen-bond donors (Lipinski definition) is 3. The molecule has 1 atom stereocenters. The van der Waals surface area contributed by atoms with Gasteiger partial charge in [-0.25, -0.2) is 9.59 Å². The fourth-order valence-corrected chi connectivity index (χ4v) is 3.79. The summed E-state index contributed by atoms with van der Waals surface area (Å²) >= 11 is 0. The van der Waals surface area contributed by atoms with Gasteiger partial charge in [0.05, 0.1) is 0 Å². The van der Waals surface area contributed by atoms with E-state index in [-0.39, 0.29) is 18.4 Å². The third-order valence-electron chi connectivity index (χ3n) is 5.62. The number of carbonyl (C=O) groups is 4. The van der Waals surface area contributed by atoms with Crippen molar-refractivity contribution in [3.05, 3.63) is 70.3 Å². The SMILES string of the molecule is CC(=O)c1ccc2c(c1)CN(C(=O)NCc1cccc(C3(C)NC(=O)NC3=O)c1)C2. The molecule has 8 nitrogen and oxygen atoms in total. The number of hydrogen-bond acceptors (Lipinski definition) is 4. The zero-order valence-electron chi connectivity index (χ0n) is 16.7. The van der Waals surface area contributed by atoms with Crippen LogP contribution in [0.5, 0.6) is 0 Å². The topological polar surface area (TPSA) is 108 Å². The maximum atomic E-state index is 12.6. The second kappa shape index (κ2) is 7.29. The lowest BCUT2D eigenvalue weighted by Crippen LogP contribution is -2.40. The number of ketones is 1. The van der Waals surface area contributed by atoms with E-state index in [1.54, 1.807) is 36.1 Å². The molecule has 0 aromatic heterocycles. The maximum absolute atomic E-state index is 12.6. The normalized spacial score (nSPS) is 19.9. The highest BCUT2D eigenvalue weighted by Gasteiger charge is 2.43. The van der Waals surface area contributed by atoms with Crippen molar-refractivity contribution >= 4 is 23.8 Å². The molecule has 2 heterocycles. The Hall–Kier alpha value is -3.68. The summed E-state index contributed by atoms with van der Waals surface area (Å²) in [4.78, 5) is 49.5. The molecule has 0 bridgehead atoms. The zero-order valence-corrected chi connectivity index (χ0v) is 16.7. The minimum atomic E-state index is -1.14. The van der Waals surface area contributed by atoms with Crippen LogP contribution in [0.3, 0.4) is 0 Å². The lowest BCUT2D eigenvalue weighted by Gasteiger charge is -2.22. The van der Waals surface area contributed by atoms with Crippen LogP contribution in [-0.4, -0.2) is 28.7 Å². The molecule has 30 heavy (non-hydrogen) atoms. The maximum Gasteiger partial charge on any atom is 0.322 e. The smallest absolute Gasteiger partial charge is 0.322 e. The molecule has 2 aromatic carbocycles. The summed E-state index contributed by atoms with van der Waals surface area (Å²) in [6.07, 6.45) is 0.